The van der Waals surface area contributed by atoms with Gasteiger partial charge in [-0.1, -0.05) is 21.1 Å². The van der Waals surface area contributed by atoms with Crippen molar-refractivity contribution in [1.29, 1.82) is 0 Å². The summed E-state index contributed by atoms with van der Waals surface area (Å²) < 4.78 is 38.8. The van der Waals surface area contributed by atoms with Gasteiger partial charge in [0.2, 0.25) is 10.0 Å². The third-order valence-electron chi connectivity index (χ3n) is 5.25. The smallest absolute Gasteiger partial charge is 0.289 e. The maximum atomic E-state index is 13.0. The minimum absolute atomic E-state index is 0.0113. The third kappa shape index (κ3) is 4.23. The van der Waals surface area contributed by atoms with Crippen LogP contribution in [0.15, 0.2) is 67.5 Å². The molecule has 0 aliphatic carbocycles. The molecule has 1 saturated heterocycles. The first kappa shape index (κ1) is 22.3. The number of hydrogen-bond acceptors (Lipinski definition) is 7. The molecule has 168 valence electrons. The van der Waals surface area contributed by atoms with E-state index in [4.69, 9.17) is 9.15 Å². The molecule has 0 spiro atoms. The summed E-state index contributed by atoms with van der Waals surface area (Å²) in [5.74, 6) is 0.101. The molecule has 1 fully saturated rings. The van der Waals surface area contributed by atoms with Gasteiger partial charge in [-0.3, -0.25) is 4.79 Å². The zero-order valence-corrected chi connectivity index (χ0v) is 19.5. The Morgan fingerprint density at radius 1 is 1.09 bits per heavy atom. The maximum absolute atomic E-state index is 13.0. The first-order valence-electron chi connectivity index (χ1n) is 9.68. The highest BCUT2D eigenvalue weighted by Crippen LogP contribution is 2.22. The molecule has 0 unspecified atom stereocenters. The Labute approximate surface area is 192 Å². The number of hydrogen-bond donors (Lipinski definition) is 1. The first-order valence-corrected chi connectivity index (χ1v) is 11.9. The van der Waals surface area contributed by atoms with Gasteiger partial charge < -0.3 is 19.3 Å². The minimum Gasteiger partial charge on any atom is -0.497 e. The van der Waals surface area contributed by atoms with E-state index in [-0.39, 0.29) is 42.2 Å². The average molecular weight is 522 g/mol. The van der Waals surface area contributed by atoms with Crippen LogP contribution in [0.2, 0.25) is 0 Å². The van der Waals surface area contributed by atoms with Gasteiger partial charge in [0.05, 0.1) is 12.0 Å². The molecule has 2 heterocycles. The molecule has 0 bridgehead atoms. The molecule has 3 aromatic rings. The van der Waals surface area contributed by atoms with Crippen LogP contribution in [0.4, 0.5) is 0 Å². The van der Waals surface area contributed by atoms with Crippen LogP contribution in [0.25, 0.3) is 11.0 Å². The number of carbonyl (C=O) groups excluding carboxylic acids is 1. The van der Waals surface area contributed by atoms with Gasteiger partial charge in [-0.15, -0.1) is 0 Å². The van der Waals surface area contributed by atoms with E-state index >= 15 is 0 Å². The van der Waals surface area contributed by atoms with Crippen LogP contribution in [0.5, 0.6) is 5.75 Å². The number of amides is 1. The monoisotopic (exact) mass is 521 g/mol. The molecule has 4 rings (SSSR count). The van der Waals surface area contributed by atoms with Gasteiger partial charge in [-0.2, -0.15) is 4.31 Å². The van der Waals surface area contributed by atoms with E-state index < -0.39 is 15.9 Å². The van der Waals surface area contributed by atoms with Crippen molar-refractivity contribution in [2.24, 2.45) is 5.16 Å². The number of sulfonamides is 1. The lowest BCUT2D eigenvalue weighted by molar-refractivity contribution is 0.0666. The van der Waals surface area contributed by atoms with Crippen LogP contribution < -0.4 is 10.1 Å². The Kier molecular flexibility index (Phi) is 6.22. The van der Waals surface area contributed by atoms with E-state index in [2.05, 4.69) is 21.1 Å². The van der Waals surface area contributed by atoms with Gasteiger partial charge in [-0.05, 0) is 36.4 Å². The molecule has 1 N–H and O–H groups in total. The highest BCUT2D eigenvalue weighted by atomic mass is 79.9. The maximum Gasteiger partial charge on any atom is 0.289 e. The summed E-state index contributed by atoms with van der Waals surface area (Å²) >= 11 is 3.30. The van der Waals surface area contributed by atoms with Gasteiger partial charge in [0.1, 0.15) is 16.7 Å². The lowest BCUT2D eigenvalue weighted by atomic mass is 10.2. The van der Waals surface area contributed by atoms with Gasteiger partial charge in [0.25, 0.3) is 5.91 Å². The number of fused-ring (bicyclic) bond motifs is 1. The molecule has 0 radical (unpaired) electrons. The van der Waals surface area contributed by atoms with Gasteiger partial charge >= 0.3 is 0 Å². The fraction of sp³-hybridized carbons (Fsp3) is 0.238. The summed E-state index contributed by atoms with van der Waals surface area (Å²) in [6.07, 6.45) is 0. The Morgan fingerprint density at radius 2 is 1.78 bits per heavy atom. The Hall–Kier alpha value is -2.89. The molecule has 0 atom stereocenters. The van der Waals surface area contributed by atoms with Crippen molar-refractivity contribution in [3.8, 4) is 5.75 Å². The molecular formula is C21H20BrN3O6S. The van der Waals surface area contributed by atoms with E-state index in [9.17, 15) is 18.4 Å². The molecule has 0 saturated carbocycles. The summed E-state index contributed by atoms with van der Waals surface area (Å²) in [5.41, 5.74) is 0.333. The molecule has 1 aliphatic heterocycles. The topological polar surface area (TPSA) is 113 Å². The molecule has 1 aliphatic rings. The SMILES string of the molecule is COc1ccc2/c(=N\O)cc(C(=O)N3CCN(S(=O)(=O)c4ccc(Br)cc4)CC3)oc2c1. The molecule has 1 aromatic heterocycles. The highest BCUT2D eigenvalue weighted by molar-refractivity contribution is 9.10. The van der Waals surface area contributed by atoms with Crippen LogP contribution in [0.3, 0.4) is 0 Å². The number of nitrogens with zero attached hydrogens (tertiary/aromatic N) is 3. The predicted octanol–water partition coefficient (Wildman–Crippen LogP) is 2.64. The second-order valence-electron chi connectivity index (χ2n) is 7.11. The summed E-state index contributed by atoms with van der Waals surface area (Å²) in [4.78, 5) is 14.7. The number of ether oxygens (including phenoxy) is 1. The largest absolute Gasteiger partial charge is 0.497 e. The number of carbonyl (C=O) groups is 1. The highest BCUT2D eigenvalue weighted by Gasteiger charge is 2.31. The van der Waals surface area contributed by atoms with Crippen LogP contribution in [-0.4, -0.2) is 62.0 Å². The molecular weight excluding hydrogens is 502 g/mol. The number of halogens is 1. The summed E-state index contributed by atoms with van der Waals surface area (Å²) in [6, 6.07) is 12.8. The normalized spacial score (nSPS) is 15.8. The van der Waals surface area contributed by atoms with E-state index in [0.29, 0.717) is 16.7 Å². The van der Waals surface area contributed by atoms with Crippen molar-refractivity contribution in [2.75, 3.05) is 33.3 Å². The number of methoxy groups -OCH3 is 1. The molecule has 2 aromatic carbocycles. The van der Waals surface area contributed by atoms with Crippen molar-refractivity contribution in [1.82, 2.24) is 9.21 Å². The zero-order chi connectivity index (χ0) is 22.9. The van der Waals surface area contributed by atoms with Gasteiger partial charge in [-0.25, -0.2) is 8.42 Å². The van der Waals surface area contributed by atoms with E-state index in [1.54, 1.807) is 42.5 Å². The van der Waals surface area contributed by atoms with Crippen molar-refractivity contribution >= 4 is 42.8 Å². The lowest BCUT2D eigenvalue weighted by Crippen LogP contribution is -2.50. The standard InChI is InChI=1S/C21H20BrN3O6S/c1-30-15-4-7-17-18(23-27)13-20(31-19(17)12-15)21(26)24-8-10-25(11-9-24)32(28,29)16-5-2-14(22)3-6-16/h2-7,12-13,27H,8-11H2,1H3/b23-18-. The van der Waals surface area contributed by atoms with Gasteiger partial charge in [0, 0.05) is 48.2 Å². The number of benzene rings is 2. The lowest BCUT2D eigenvalue weighted by Gasteiger charge is -2.33. The number of rotatable bonds is 4. The van der Waals surface area contributed by atoms with Crippen LogP contribution >= 0.6 is 15.9 Å². The Balaban J connectivity index is 1.54. The van der Waals surface area contributed by atoms with Crippen LogP contribution in [-0.2, 0) is 10.0 Å². The quantitative estimate of drug-likeness (QED) is 0.417. The average Bonchev–Trinajstić information content (AvgIpc) is 2.82. The van der Waals surface area contributed by atoms with Gasteiger partial charge in [0.15, 0.2) is 5.76 Å². The van der Waals surface area contributed by atoms with E-state index in [0.717, 1.165) is 4.47 Å². The Bertz CT molecular complexity index is 1330. The number of piperazine rings is 1. The second-order valence-corrected chi connectivity index (χ2v) is 9.96. The van der Waals surface area contributed by atoms with Crippen LogP contribution in [0.1, 0.15) is 10.6 Å². The third-order valence-corrected chi connectivity index (χ3v) is 7.69. The molecule has 32 heavy (non-hydrogen) atoms. The Morgan fingerprint density at radius 3 is 2.41 bits per heavy atom. The van der Waals surface area contributed by atoms with E-state index in [1.807, 2.05) is 0 Å². The first-order chi connectivity index (χ1) is 15.3. The van der Waals surface area contributed by atoms with Crippen molar-refractivity contribution in [3.05, 3.63) is 64.1 Å². The van der Waals surface area contributed by atoms with Crippen molar-refractivity contribution in [3.63, 3.8) is 0 Å². The molecule has 1 amide bonds. The summed E-state index contributed by atoms with van der Waals surface area (Å²) in [7, 11) is -2.14. The summed E-state index contributed by atoms with van der Waals surface area (Å²) in [5, 5.41) is 13.4. The van der Waals surface area contributed by atoms with Crippen LogP contribution in [0, 0.1) is 0 Å². The second kappa shape index (κ2) is 8.93. The molecule has 9 nitrogen and oxygen atoms in total. The van der Waals surface area contributed by atoms with Crippen molar-refractivity contribution < 1.29 is 27.6 Å². The zero-order valence-electron chi connectivity index (χ0n) is 17.1. The fourth-order valence-electron chi connectivity index (χ4n) is 3.51. The molecule has 11 heteroatoms. The minimum atomic E-state index is -3.65. The summed E-state index contributed by atoms with van der Waals surface area (Å²) in [6.45, 7) is 0.712. The van der Waals surface area contributed by atoms with E-state index in [1.165, 1.54) is 22.4 Å². The van der Waals surface area contributed by atoms with Crippen molar-refractivity contribution in [2.45, 2.75) is 4.90 Å². The fourth-order valence-corrected chi connectivity index (χ4v) is 5.19. The predicted molar refractivity (Wildman–Crippen MR) is 119 cm³/mol.